The first-order valence-corrected chi connectivity index (χ1v) is 8.01. The SMILES string of the molecule is Fc1ccc(CNc2ccc3ncc(-c4ccncc4)n3n2)cc1Cl. The lowest BCUT2D eigenvalue weighted by Gasteiger charge is -2.08. The van der Waals surface area contributed by atoms with Crippen LogP contribution in [0, 0.1) is 5.82 Å². The van der Waals surface area contributed by atoms with Crippen molar-refractivity contribution in [2.75, 3.05) is 5.32 Å². The maximum absolute atomic E-state index is 13.2. The van der Waals surface area contributed by atoms with Crippen LogP contribution in [0.3, 0.4) is 0 Å². The van der Waals surface area contributed by atoms with E-state index < -0.39 is 5.82 Å². The van der Waals surface area contributed by atoms with Crippen LogP contribution in [0.5, 0.6) is 0 Å². The Balaban J connectivity index is 1.61. The number of fused-ring (bicyclic) bond motifs is 1. The molecule has 0 radical (unpaired) electrons. The van der Waals surface area contributed by atoms with Crippen LogP contribution < -0.4 is 5.32 Å². The zero-order valence-corrected chi connectivity index (χ0v) is 13.8. The standard InChI is InChI=1S/C18H13ClFN5/c19-14-9-12(1-2-15(14)20)10-22-17-3-4-18-23-11-16(25(18)24-17)13-5-7-21-8-6-13/h1-9,11H,10H2,(H,22,24). The second kappa shape index (κ2) is 6.49. The van der Waals surface area contributed by atoms with Gasteiger partial charge in [0.05, 0.1) is 16.9 Å². The summed E-state index contributed by atoms with van der Waals surface area (Å²) in [7, 11) is 0. The Kier molecular flexibility index (Phi) is 4.03. The number of halogens is 2. The van der Waals surface area contributed by atoms with Gasteiger partial charge in [-0.2, -0.15) is 0 Å². The molecule has 0 aliphatic rings. The van der Waals surface area contributed by atoms with Crippen LogP contribution in [0.25, 0.3) is 16.9 Å². The van der Waals surface area contributed by atoms with Gasteiger partial charge < -0.3 is 5.32 Å². The minimum atomic E-state index is -0.426. The average Bonchev–Trinajstić information content (AvgIpc) is 3.06. The van der Waals surface area contributed by atoms with E-state index in [0.29, 0.717) is 12.4 Å². The molecule has 1 N–H and O–H groups in total. The number of nitrogens with zero attached hydrogens (tertiary/aromatic N) is 4. The maximum atomic E-state index is 13.2. The monoisotopic (exact) mass is 353 g/mol. The second-order valence-electron chi connectivity index (χ2n) is 5.47. The predicted molar refractivity (Wildman–Crippen MR) is 95.0 cm³/mol. The van der Waals surface area contributed by atoms with Crippen molar-refractivity contribution in [2.24, 2.45) is 0 Å². The van der Waals surface area contributed by atoms with Crippen LogP contribution >= 0.6 is 11.6 Å². The Morgan fingerprint density at radius 1 is 1.08 bits per heavy atom. The molecule has 0 bridgehead atoms. The van der Waals surface area contributed by atoms with Gasteiger partial charge in [0.25, 0.3) is 0 Å². The van der Waals surface area contributed by atoms with Crippen molar-refractivity contribution in [3.63, 3.8) is 0 Å². The Labute approximate surface area is 148 Å². The van der Waals surface area contributed by atoms with E-state index in [0.717, 1.165) is 22.5 Å². The highest BCUT2D eigenvalue weighted by atomic mass is 35.5. The second-order valence-corrected chi connectivity index (χ2v) is 5.88. The molecule has 3 aromatic heterocycles. The molecule has 0 amide bonds. The quantitative estimate of drug-likeness (QED) is 0.597. The van der Waals surface area contributed by atoms with Gasteiger partial charge in [-0.05, 0) is 42.0 Å². The highest BCUT2D eigenvalue weighted by Crippen LogP contribution is 2.21. The molecule has 4 aromatic rings. The number of hydrogen-bond acceptors (Lipinski definition) is 4. The zero-order chi connectivity index (χ0) is 17.2. The van der Waals surface area contributed by atoms with Gasteiger partial charge in [-0.3, -0.25) is 4.98 Å². The molecule has 7 heteroatoms. The van der Waals surface area contributed by atoms with Gasteiger partial charge in [-0.25, -0.2) is 13.9 Å². The molecule has 0 fully saturated rings. The van der Waals surface area contributed by atoms with E-state index in [1.54, 1.807) is 35.2 Å². The molecular weight excluding hydrogens is 341 g/mol. The summed E-state index contributed by atoms with van der Waals surface area (Å²) < 4.78 is 15.0. The summed E-state index contributed by atoms with van der Waals surface area (Å²) in [5.74, 6) is 0.256. The van der Waals surface area contributed by atoms with Gasteiger partial charge >= 0.3 is 0 Å². The summed E-state index contributed by atoms with van der Waals surface area (Å²) in [6.07, 6.45) is 5.24. The molecule has 0 saturated carbocycles. The van der Waals surface area contributed by atoms with Crippen molar-refractivity contribution in [3.05, 3.63) is 77.5 Å². The fourth-order valence-corrected chi connectivity index (χ4v) is 2.73. The number of nitrogens with one attached hydrogen (secondary N) is 1. The normalized spacial score (nSPS) is 11.0. The van der Waals surface area contributed by atoms with E-state index in [-0.39, 0.29) is 5.02 Å². The predicted octanol–water partition coefficient (Wildman–Crippen LogP) is 4.20. The molecule has 0 aliphatic carbocycles. The van der Waals surface area contributed by atoms with Gasteiger partial charge in [0, 0.05) is 24.5 Å². The number of rotatable bonds is 4. The van der Waals surface area contributed by atoms with Crippen molar-refractivity contribution in [3.8, 4) is 11.3 Å². The first-order valence-electron chi connectivity index (χ1n) is 7.64. The number of pyridine rings is 1. The van der Waals surface area contributed by atoms with Gasteiger partial charge in [0.2, 0.25) is 0 Å². The number of aromatic nitrogens is 4. The highest BCUT2D eigenvalue weighted by Gasteiger charge is 2.08. The van der Waals surface area contributed by atoms with Gasteiger partial charge in [0.15, 0.2) is 5.65 Å². The van der Waals surface area contributed by atoms with Gasteiger partial charge in [-0.15, -0.1) is 5.10 Å². The first-order chi connectivity index (χ1) is 12.2. The lowest BCUT2D eigenvalue weighted by atomic mass is 10.2. The smallest absolute Gasteiger partial charge is 0.154 e. The lowest BCUT2D eigenvalue weighted by molar-refractivity contribution is 0.627. The van der Waals surface area contributed by atoms with Crippen LogP contribution in [0.2, 0.25) is 5.02 Å². The molecule has 0 atom stereocenters. The molecule has 1 aromatic carbocycles. The third-order valence-electron chi connectivity index (χ3n) is 3.80. The van der Waals surface area contributed by atoms with Crippen molar-refractivity contribution >= 4 is 23.1 Å². The topological polar surface area (TPSA) is 55.1 Å². The molecule has 4 rings (SSSR count). The molecule has 3 heterocycles. The summed E-state index contributed by atoms with van der Waals surface area (Å²) >= 11 is 5.81. The summed E-state index contributed by atoms with van der Waals surface area (Å²) in [6.45, 7) is 0.484. The Morgan fingerprint density at radius 3 is 2.72 bits per heavy atom. The molecular formula is C18H13ClFN5. The van der Waals surface area contributed by atoms with E-state index in [1.165, 1.54) is 6.07 Å². The van der Waals surface area contributed by atoms with Gasteiger partial charge in [-0.1, -0.05) is 17.7 Å². The van der Waals surface area contributed by atoms with Crippen LogP contribution in [0.15, 0.2) is 61.1 Å². The molecule has 0 spiro atoms. The molecule has 25 heavy (non-hydrogen) atoms. The van der Waals surface area contributed by atoms with Gasteiger partial charge in [0.1, 0.15) is 11.6 Å². The zero-order valence-electron chi connectivity index (χ0n) is 13.0. The number of anilines is 1. The number of hydrogen-bond donors (Lipinski definition) is 1. The van der Waals surface area contributed by atoms with Crippen molar-refractivity contribution in [1.29, 1.82) is 0 Å². The molecule has 0 aliphatic heterocycles. The summed E-state index contributed by atoms with van der Waals surface area (Å²) in [5.41, 5.74) is 3.49. The Hall–Kier alpha value is -2.99. The highest BCUT2D eigenvalue weighted by molar-refractivity contribution is 6.30. The largest absolute Gasteiger partial charge is 0.365 e. The van der Waals surface area contributed by atoms with Crippen LogP contribution in [0.1, 0.15) is 5.56 Å². The van der Waals surface area contributed by atoms with E-state index in [9.17, 15) is 4.39 Å². The van der Waals surface area contributed by atoms with Crippen LogP contribution in [-0.4, -0.2) is 19.6 Å². The third kappa shape index (κ3) is 3.16. The number of benzene rings is 1. The first kappa shape index (κ1) is 15.5. The van der Waals surface area contributed by atoms with Crippen molar-refractivity contribution < 1.29 is 4.39 Å². The van der Waals surface area contributed by atoms with E-state index in [1.807, 2.05) is 24.3 Å². The lowest BCUT2D eigenvalue weighted by Crippen LogP contribution is -2.05. The summed E-state index contributed by atoms with van der Waals surface area (Å²) in [5, 5.41) is 7.91. The molecule has 124 valence electrons. The minimum Gasteiger partial charge on any atom is -0.365 e. The van der Waals surface area contributed by atoms with Crippen molar-refractivity contribution in [1.82, 2.24) is 19.6 Å². The summed E-state index contributed by atoms with van der Waals surface area (Å²) in [4.78, 5) is 8.40. The summed E-state index contributed by atoms with van der Waals surface area (Å²) in [6, 6.07) is 12.2. The maximum Gasteiger partial charge on any atom is 0.154 e. The van der Waals surface area contributed by atoms with E-state index >= 15 is 0 Å². The third-order valence-corrected chi connectivity index (χ3v) is 4.09. The molecule has 0 unspecified atom stereocenters. The Morgan fingerprint density at radius 2 is 1.92 bits per heavy atom. The van der Waals surface area contributed by atoms with E-state index in [2.05, 4.69) is 20.4 Å². The van der Waals surface area contributed by atoms with Crippen LogP contribution in [-0.2, 0) is 6.54 Å². The van der Waals surface area contributed by atoms with E-state index in [4.69, 9.17) is 11.6 Å². The minimum absolute atomic E-state index is 0.109. The van der Waals surface area contributed by atoms with Crippen LogP contribution in [0.4, 0.5) is 10.2 Å². The fourth-order valence-electron chi connectivity index (χ4n) is 2.53. The molecule has 5 nitrogen and oxygen atoms in total. The fraction of sp³-hybridized carbons (Fsp3) is 0.0556. The average molecular weight is 354 g/mol. The Bertz CT molecular complexity index is 1030. The van der Waals surface area contributed by atoms with Crippen molar-refractivity contribution in [2.45, 2.75) is 6.54 Å². The molecule has 0 saturated heterocycles. The number of imidazole rings is 1.